The van der Waals surface area contributed by atoms with Crippen LogP contribution in [0.2, 0.25) is 5.02 Å². The van der Waals surface area contributed by atoms with E-state index in [1.165, 1.54) is 18.3 Å². The van der Waals surface area contributed by atoms with Crippen LogP contribution < -0.4 is 10.2 Å². The highest BCUT2D eigenvalue weighted by molar-refractivity contribution is 6.30. The van der Waals surface area contributed by atoms with Crippen LogP contribution in [0.15, 0.2) is 71.8 Å². The quantitative estimate of drug-likeness (QED) is 0.320. The first-order valence-corrected chi connectivity index (χ1v) is 9.01. The van der Waals surface area contributed by atoms with Crippen molar-refractivity contribution in [3.05, 3.63) is 103 Å². The highest BCUT2D eigenvalue weighted by Gasteiger charge is 2.21. The molecule has 3 rings (SSSR count). The van der Waals surface area contributed by atoms with Gasteiger partial charge in [-0.3, -0.25) is 25.0 Å². The number of halogens is 1. The summed E-state index contributed by atoms with van der Waals surface area (Å²) in [6, 6.07) is 15.7. The van der Waals surface area contributed by atoms with E-state index in [0.717, 1.165) is 18.2 Å². The summed E-state index contributed by atoms with van der Waals surface area (Å²) in [4.78, 5) is 32.5. The van der Waals surface area contributed by atoms with Gasteiger partial charge in [-0.25, -0.2) is 5.43 Å². The third-order valence-electron chi connectivity index (χ3n) is 3.94. The lowest BCUT2D eigenvalue weighted by molar-refractivity contribution is -0.394. The van der Waals surface area contributed by atoms with Crippen molar-refractivity contribution in [2.45, 2.75) is 0 Å². The maximum Gasteiger partial charge on any atom is 0.318 e. The van der Waals surface area contributed by atoms with E-state index in [1.807, 2.05) is 0 Å². The maximum atomic E-state index is 12.0. The van der Waals surface area contributed by atoms with Crippen molar-refractivity contribution < 1.29 is 19.4 Å². The number of nitrogens with one attached hydrogen (secondary N) is 1. The van der Waals surface area contributed by atoms with E-state index in [1.54, 1.807) is 36.4 Å². The number of ether oxygens (including phenoxy) is 1. The molecule has 1 N–H and O–H groups in total. The number of rotatable bonds is 7. The molecule has 0 saturated heterocycles. The van der Waals surface area contributed by atoms with Crippen LogP contribution in [0.5, 0.6) is 11.5 Å². The number of carbonyl (C=O) groups excluding carboxylic acids is 1. The monoisotopic (exact) mass is 440 g/mol. The smallest absolute Gasteiger partial charge is 0.318 e. The number of benzene rings is 3. The molecule has 0 aromatic heterocycles. The van der Waals surface area contributed by atoms with Crippen LogP contribution in [-0.4, -0.2) is 22.0 Å². The van der Waals surface area contributed by atoms with Crippen molar-refractivity contribution in [2.24, 2.45) is 5.10 Å². The number of nitrogens with zero attached hydrogens (tertiary/aromatic N) is 3. The van der Waals surface area contributed by atoms with Gasteiger partial charge in [-0.05, 0) is 60.2 Å². The lowest BCUT2D eigenvalue weighted by atomic mass is 10.2. The van der Waals surface area contributed by atoms with Crippen molar-refractivity contribution in [1.29, 1.82) is 0 Å². The fourth-order valence-electron chi connectivity index (χ4n) is 2.43. The van der Waals surface area contributed by atoms with Crippen LogP contribution in [0.3, 0.4) is 0 Å². The molecule has 11 heteroatoms. The summed E-state index contributed by atoms with van der Waals surface area (Å²) in [5.74, 6) is -0.259. The van der Waals surface area contributed by atoms with Crippen LogP contribution in [0.1, 0.15) is 15.9 Å². The molecule has 156 valence electrons. The Bertz CT molecular complexity index is 1160. The molecular formula is C20H13ClN4O6. The van der Waals surface area contributed by atoms with E-state index in [4.69, 9.17) is 16.3 Å². The molecule has 0 fully saturated rings. The fourth-order valence-corrected chi connectivity index (χ4v) is 2.55. The predicted molar refractivity (Wildman–Crippen MR) is 113 cm³/mol. The number of hydrogen-bond acceptors (Lipinski definition) is 7. The Balaban J connectivity index is 1.66. The third-order valence-corrected chi connectivity index (χ3v) is 4.20. The summed E-state index contributed by atoms with van der Waals surface area (Å²) in [6.45, 7) is 0. The predicted octanol–water partition coefficient (Wildman–Crippen LogP) is 4.71. The maximum absolute atomic E-state index is 12.0. The minimum absolute atomic E-state index is 0.132. The molecule has 0 aliphatic rings. The molecule has 3 aromatic rings. The molecule has 31 heavy (non-hydrogen) atoms. The topological polar surface area (TPSA) is 137 Å². The molecule has 0 spiro atoms. The lowest BCUT2D eigenvalue weighted by Gasteiger charge is -2.06. The van der Waals surface area contributed by atoms with Crippen LogP contribution in [0.25, 0.3) is 0 Å². The second kappa shape index (κ2) is 9.46. The van der Waals surface area contributed by atoms with Crippen molar-refractivity contribution in [3.8, 4) is 11.5 Å². The van der Waals surface area contributed by atoms with Gasteiger partial charge in [0.1, 0.15) is 5.75 Å². The molecular weight excluding hydrogens is 428 g/mol. The number of hydrazone groups is 1. The largest absolute Gasteiger partial charge is 0.450 e. The molecule has 0 unspecified atom stereocenters. The fraction of sp³-hybridized carbons (Fsp3) is 0. The summed E-state index contributed by atoms with van der Waals surface area (Å²) in [7, 11) is 0. The first-order valence-electron chi connectivity index (χ1n) is 8.63. The molecule has 0 bridgehead atoms. The Hall–Kier alpha value is -4.31. The van der Waals surface area contributed by atoms with Gasteiger partial charge in [-0.15, -0.1) is 0 Å². The molecule has 0 atom stereocenters. The first kappa shape index (κ1) is 21.4. The number of nitro benzene ring substituents is 2. The molecule has 0 aliphatic carbocycles. The van der Waals surface area contributed by atoms with E-state index < -0.39 is 27.1 Å². The van der Waals surface area contributed by atoms with Gasteiger partial charge in [-0.2, -0.15) is 5.10 Å². The van der Waals surface area contributed by atoms with Gasteiger partial charge < -0.3 is 4.74 Å². The summed E-state index contributed by atoms with van der Waals surface area (Å²) in [5, 5.41) is 26.4. The number of non-ortho nitro benzene ring substituents is 1. The molecule has 1 amide bonds. The number of hydrogen-bond donors (Lipinski definition) is 1. The lowest BCUT2D eigenvalue weighted by Crippen LogP contribution is -2.17. The Labute approximate surface area is 180 Å². The molecule has 0 heterocycles. The molecule has 3 aromatic carbocycles. The van der Waals surface area contributed by atoms with E-state index in [2.05, 4.69) is 10.5 Å². The second-order valence-corrected chi connectivity index (χ2v) is 6.48. The SMILES string of the molecule is O=C(NN=Cc1ccc(Oc2ccc([N+](=O)[O-])cc2[N+](=O)[O-])cc1)c1ccc(Cl)cc1. The highest BCUT2D eigenvalue weighted by atomic mass is 35.5. The van der Waals surface area contributed by atoms with E-state index in [9.17, 15) is 25.0 Å². The van der Waals surface area contributed by atoms with Gasteiger partial charge >= 0.3 is 5.69 Å². The van der Waals surface area contributed by atoms with Crippen LogP contribution in [0.4, 0.5) is 11.4 Å². The van der Waals surface area contributed by atoms with Gasteiger partial charge in [0.15, 0.2) is 0 Å². The number of nitro groups is 2. The standard InChI is InChI=1S/C20H13ClN4O6/c21-15-5-3-14(4-6-15)20(26)23-22-12-13-1-8-17(9-2-13)31-19-10-7-16(24(27)28)11-18(19)25(29)30/h1-12H,(H,23,26). The van der Waals surface area contributed by atoms with Gasteiger partial charge in [0.25, 0.3) is 11.6 Å². The zero-order valence-corrected chi connectivity index (χ0v) is 16.4. The summed E-state index contributed by atoms with van der Waals surface area (Å²) in [5.41, 5.74) is 2.47. The minimum atomic E-state index is -0.757. The molecule has 10 nitrogen and oxygen atoms in total. The van der Waals surface area contributed by atoms with Gasteiger partial charge in [0.05, 0.1) is 22.1 Å². The van der Waals surface area contributed by atoms with E-state index in [0.29, 0.717) is 16.1 Å². The first-order chi connectivity index (χ1) is 14.8. The van der Waals surface area contributed by atoms with Crippen LogP contribution in [0, 0.1) is 20.2 Å². The van der Waals surface area contributed by atoms with Gasteiger partial charge in [-0.1, -0.05) is 11.6 Å². The van der Waals surface area contributed by atoms with Gasteiger partial charge in [0.2, 0.25) is 5.75 Å². The molecule has 0 saturated carbocycles. The third kappa shape index (κ3) is 5.61. The van der Waals surface area contributed by atoms with Crippen molar-refractivity contribution in [3.63, 3.8) is 0 Å². The number of carbonyl (C=O) groups is 1. The second-order valence-electron chi connectivity index (χ2n) is 6.04. The Morgan fingerprint density at radius 2 is 1.65 bits per heavy atom. The zero-order chi connectivity index (χ0) is 22.4. The van der Waals surface area contributed by atoms with Crippen molar-refractivity contribution in [1.82, 2.24) is 5.43 Å². The Kier molecular flexibility index (Phi) is 6.53. The summed E-state index contributed by atoms with van der Waals surface area (Å²) in [6.07, 6.45) is 1.41. The van der Waals surface area contributed by atoms with E-state index in [-0.39, 0.29) is 11.5 Å². The Morgan fingerprint density at radius 1 is 0.968 bits per heavy atom. The van der Waals surface area contributed by atoms with Crippen LogP contribution in [-0.2, 0) is 0 Å². The molecule has 0 radical (unpaired) electrons. The van der Waals surface area contributed by atoms with E-state index >= 15 is 0 Å². The zero-order valence-electron chi connectivity index (χ0n) is 15.6. The van der Waals surface area contributed by atoms with Crippen LogP contribution >= 0.6 is 11.6 Å². The summed E-state index contributed by atoms with van der Waals surface area (Å²) >= 11 is 5.78. The average Bonchev–Trinajstić information content (AvgIpc) is 2.75. The highest BCUT2D eigenvalue weighted by Crippen LogP contribution is 2.34. The number of amides is 1. The Morgan fingerprint density at radius 3 is 2.26 bits per heavy atom. The minimum Gasteiger partial charge on any atom is -0.450 e. The van der Waals surface area contributed by atoms with Gasteiger partial charge in [0, 0.05) is 16.7 Å². The molecule has 0 aliphatic heterocycles. The van der Waals surface area contributed by atoms with Crippen molar-refractivity contribution in [2.75, 3.05) is 0 Å². The normalized spacial score (nSPS) is 10.6. The summed E-state index contributed by atoms with van der Waals surface area (Å²) < 4.78 is 5.48. The average molecular weight is 441 g/mol. The van der Waals surface area contributed by atoms with Crippen molar-refractivity contribution >= 4 is 35.1 Å².